The molecular weight excluding hydrogens is 300 g/mol. The quantitative estimate of drug-likeness (QED) is 0.475. The molecule has 0 atom stereocenters. The number of fused-ring (bicyclic) bond motifs is 3. The van der Waals surface area contributed by atoms with Crippen molar-refractivity contribution in [3.8, 4) is 0 Å². The number of carbonyl (C=O) groups is 1. The van der Waals surface area contributed by atoms with E-state index in [-0.39, 0.29) is 5.78 Å². The number of ether oxygens (including phenoxy) is 3. The molecule has 0 heterocycles. The molecule has 0 saturated carbocycles. The van der Waals surface area contributed by atoms with Crippen LogP contribution in [0.4, 0.5) is 0 Å². The van der Waals surface area contributed by atoms with Gasteiger partial charge >= 0.3 is 0 Å². The Kier molecular flexibility index (Phi) is 3.95. The number of rotatable bonds is 5. The van der Waals surface area contributed by atoms with Crippen LogP contribution in [-0.4, -0.2) is 38.3 Å². The van der Waals surface area contributed by atoms with Crippen molar-refractivity contribution < 1.29 is 19.0 Å². The van der Waals surface area contributed by atoms with E-state index in [0.717, 1.165) is 23.1 Å². The summed E-state index contributed by atoms with van der Waals surface area (Å²) in [4.78, 5) is 13.2. The molecule has 22 heavy (non-hydrogen) atoms. The Bertz CT molecular complexity index is 726. The molecule has 0 aliphatic heterocycles. The van der Waals surface area contributed by atoms with E-state index in [1.54, 1.807) is 13.2 Å². The van der Waals surface area contributed by atoms with Crippen LogP contribution < -0.4 is 0 Å². The number of methoxy groups -OCH3 is 3. The van der Waals surface area contributed by atoms with Gasteiger partial charge < -0.3 is 14.2 Å². The smallest absolute Gasteiger partial charge is 0.222 e. The van der Waals surface area contributed by atoms with Gasteiger partial charge in [-0.05, 0) is 23.6 Å². The highest BCUT2D eigenvalue weighted by Crippen LogP contribution is 2.48. The first kappa shape index (κ1) is 15.1. The molecule has 0 bridgehead atoms. The molecule has 114 valence electrons. The summed E-state index contributed by atoms with van der Waals surface area (Å²) in [7, 11) is 4.50. The van der Waals surface area contributed by atoms with Crippen LogP contribution in [0.15, 0.2) is 30.0 Å². The monoisotopic (exact) mass is 316 g/mol. The Balaban J connectivity index is 2.04. The lowest BCUT2D eigenvalue weighted by atomic mass is 9.72. The predicted octanol–water partition coefficient (Wildman–Crippen LogP) is 3.02. The third kappa shape index (κ3) is 2.05. The molecule has 0 unspecified atom stereocenters. The molecule has 0 fully saturated rings. The zero-order valence-electron chi connectivity index (χ0n) is 12.6. The topological polar surface area (TPSA) is 44.8 Å². The Hall–Kier alpha value is -1.82. The second-order valence-corrected chi connectivity index (χ2v) is 5.46. The minimum Gasteiger partial charge on any atom is -0.496 e. The van der Waals surface area contributed by atoms with Crippen molar-refractivity contribution in [2.75, 3.05) is 21.3 Å². The Morgan fingerprint density at radius 3 is 2.59 bits per heavy atom. The minimum absolute atomic E-state index is 0.204. The Morgan fingerprint density at radius 2 is 1.95 bits per heavy atom. The van der Waals surface area contributed by atoms with Crippen molar-refractivity contribution in [1.29, 1.82) is 0 Å². The number of hydrogen-bond acceptors (Lipinski definition) is 5. The summed E-state index contributed by atoms with van der Waals surface area (Å²) in [5, 5.41) is 0. The molecule has 5 heteroatoms. The SMILES string of the molecule is COC1=CCC2=C(C1=S)c1c(C(=O)C(OC)OC)cccc12. The second kappa shape index (κ2) is 5.76. The van der Waals surface area contributed by atoms with Gasteiger partial charge in [0.05, 0.1) is 12.0 Å². The number of hydrogen-bond donors (Lipinski definition) is 0. The summed E-state index contributed by atoms with van der Waals surface area (Å²) < 4.78 is 15.5. The predicted molar refractivity (Wildman–Crippen MR) is 87.7 cm³/mol. The van der Waals surface area contributed by atoms with Gasteiger partial charge in [-0.25, -0.2) is 0 Å². The van der Waals surface area contributed by atoms with E-state index in [9.17, 15) is 4.79 Å². The van der Waals surface area contributed by atoms with Gasteiger partial charge in [-0.2, -0.15) is 0 Å². The molecule has 2 aliphatic carbocycles. The van der Waals surface area contributed by atoms with Gasteiger partial charge in [0.15, 0.2) is 0 Å². The van der Waals surface area contributed by atoms with Crippen molar-refractivity contribution in [3.63, 3.8) is 0 Å². The number of thiocarbonyl (C=S) groups is 1. The van der Waals surface area contributed by atoms with Crippen LogP contribution in [0.5, 0.6) is 0 Å². The molecule has 3 rings (SSSR count). The lowest BCUT2D eigenvalue weighted by Crippen LogP contribution is -2.29. The van der Waals surface area contributed by atoms with Gasteiger partial charge in [-0.15, -0.1) is 0 Å². The molecule has 0 amide bonds. The van der Waals surface area contributed by atoms with Crippen LogP contribution in [0.25, 0.3) is 11.1 Å². The summed E-state index contributed by atoms with van der Waals surface area (Å²) in [5.41, 5.74) is 4.64. The molecule has 0 aromatic heterocycles. The van der Waals surface area contributed by atoms with E-state index in [4.69, 9.17) is 26.4 Å². The van der Waals surface area contributed by atoms with Crippen LogP contribution >= 0.6 is 12.2 Å². The van der Waals surface area contributed by atoms with Crippen molar-refractivity contribution in [2.45, 2.75) is 12.7 Å². The molecule has 0 N–H and O–H groups in total. The van der Waals surface area contributed by atoms with E-state index < -0.39 is 6.29 Å². The molecule has 4 nitrogen and oxygen atoms in total. The van der Waals surface area contributed by atoms with Crippen LogP contribution in [0.1, 0.15) is 27.9 Å². The van der Waals surface area contributed by atoms with E-state index in [1.165, 1.54) is 19.8 Å². The second-order valence-electron chi connectivity index (χ2n) is 5.06. The Labute approximate surface area is 134 Å². The average Bonchev–Trinajstić information content (AvgIpc) is 2.52. The normalized spacial score (nSPS) is 16.0. The van der Waals surface area contributed by atoms with Gasteiger partial charge in [0, 0.05) is 30.9 Å². The molecule has 2 aliphatic rings. The Morgan fingerprint density at radius 1 is 1.23 bits per heavy atom. The van der Waals surface area contributed by atoms with Crippen LogP contribution in [0.2, 0.25) is 0 Å². The first-order chi connectivity index (χ1) is 10.6. The maximum atomic E-state index is 12.6. The van der Waals surface area contributed by atoms with Gasteiger partial charge in [0.2, 0.25) is 12.1 Å². The summed E-state index contributed by atoms with van der Waals surface area (Å²) in [6.07, 6.45) is 1.83. The molecule has 0 saturated heterocycles. The number of ketones is 1. The maximum absolute atomic E-state index is 12.6. The van der Waals surface area contributed by atoms with Crippen LogP contribution in [0, 0.1) is 0 Å². The summed E-state index contributed by atoms with van der Waals surface area (Å²) in [6, 6.07) is 5.66. The molecule has 1 aromatic rings. The third-order valence-electron chi connectivity index (χ3n) is 4.01. The fourth-order valence-electron chi connectivity index (χ4n) is 2.99. The van der Waals surface area contributed by atoms with Crippen molar-refractivity contribution in [3.05, 3.63) is 46.7 Å². The van der Waals surface area contributed by atoms with Crippen molar-refractivity contribution in [1.82, 2.24) is 0 Å². The largest absolute Gasteiger partial charge is 0.496 e. The maximum Gasteiger partial charge on any atom is 0.222 e. The van der Waals surface area contributed by atoms with E-state index in [1.807, 2.05) is 18.2 Å². The molecular formula is C17H16O4S. The average molecular weight is 316 g/mol. The highest BCUT2D eigenvalue weighted by atomic mass is 32.1. The fraction of sp³-hybridized carbons (Fsp3) is 0.294. The van der Waals surface area contributed by atoms with Gasteiger partial charge in [-0.3, -0.25) is 4.79 Å². The lowest BCUT2D eigenvalue weighted by Gasteiger charge is -2.33. The van der Waals surface area contributed by atoms with E-state index >= 15 is 0 Å². The van der Waals surface area contributed by atoms with Gasteiger partial charge in [0.1, 0.15) is 5.76 Å². The standard InChI is InChI=1S/C17H16O4S/c1-19-12-8-7-10-9-5-4-6-11(13(9)14(10)16(12)22)15(18)17(20-2)21-3/h4-6,8,17H,7H2,1-3H3. The highest BCUT2D eigenvalue weighted by Gasteiger charge is 2.37. The summed E-state index contributed by atoms with van der Waals surface area (Å²) >= 11 is 5.50. The van der Waals surface area contributed by atoms with Gasteiger partial charge in [-0.1, -0.05) is 30.4 Å². The summed E-state index contributed by atoms with van der Waals surface area (Å²) in [6.45, 7) is 0. The highest BCUT2D eigenvalue weighted by molar-refractivity contribution is 7.82. The molecule has 0 radical (unpaired) electrons. The summed E-state index contributed by atoms with van der Waals surface area (Å²) in [5.74, 6) is 0.487. The molecule has 0 spiro atoms. The van der Waals surface area contributed by atoms with Crippen LogP contribution in [-0.2, 0) is 14.2 Å². The van der Waals surface area contributed by atoms with E-state index in [0.29, 0.717) is 16.2 Å². The zero-order chi connectivity index (χ0) is 15.9. The van der Waals surface area contributed by atoms with Crippen LogP contribution in [0.3, 0.4) is 0 Å². The first-order valence-electron chi connectivity index (χ1n) is 6.89. The van der Waals surface area contributed by atoms with Crippen molar-refractivity contribution in [2.24, 2.45) is 0 Å². The first-order valence-corrected chi connectivity index (χ1v) is 7.30. The molecule has 1 aromatic carbocycles. The number of benzene rings is 1. The van der Waals surface area contributed by atoms with Crippen molar-refractivity contribution >= 4 is 34.0 Å². The number of Topliss-reactive ketones (excluding diaryl/α,β-unsaturated/α-hetero) is 1. The minimum atomic E-state index is -0.911. The van der Waals surface area contributed by atoms with Gasteiger partial charge in [0.25, 0.3) is 0 Å². The number of allylic oxidation sites excluding steroid dienone is 3. The van der Waals surface area contributed by atoms with E-state index in [2.05, 4.69) is 0 Å². The lowest BCUT2D eigenvalue weighted by molar-refractivity contribution is -0.0742. The fourth-order valence-corrected chi connectivity index (χ4v) is 3.38. The third-order valence-corrected chi connectivity index (χ3v) is 4.42. The zero-order valence-corrected chi connectivity index (χ0v) is 13.5. The number of carbonyl (C=O) groups excluding carboxylic acids is 1.